The lowest BCUT2D eigenvalue weighted by Crippen LogP contribution is -2.51. The monoisotopic (exact) mass is 332 g/mol. The summed E-state index contributed by atoms with van der Waals surface area (Å²) < 4.78 is 13.7. The maximum absolute atomic E-state index is 13.7. The Balaban J connectivity index is 1.57. The van der Waals surface area contributed by atoms with Gasteiger partial charge in [-0.25, -0.2) is 4.39 Å². The summed E-state index contributed by atoms with van der Waals surface area (Å²) in [5.41, 5.74) is 0.598. The fourth-order valence-electron chi connectivity index (χ4n) is 4.02. The second-order valence-corrected chi connectivity index (χ2v) is 6.94. The van der Waals surface area contributed by atoms with E-state index >= 15 is 0 Å². The number of rotatable bonds is 3. The Morgan fingerprint density at radius 1 is 1.29 bits per heavy atom. The first kappa shape index (κ1) is 16.9. The van der Waals surface area contributed by atoms with Crippen LogP contribution in [0.15, 0.2) is 24.3 Å². The van der Waals surface area contributed by atoms with Crippen LogP contribution in [0.2, 0.25) is 0 Å². The number of piperidine rings is 1. The van der Waals surface area contributed by atoms with E-state index in [1.807, 2.05) is 16.8 Å². The number of carbonyl (C=O) groups excluding carboxylic acids is 2. The molecule has 0 bridgehead atoms. The van der Waals surface area contributed by atoms with Crippen molar-refractivity contribution < 1.29 is 14.0 Å². The Hall–Kier alpha value is -1.91. The largest absolute Gasteiger partial charge is 0.342 e. The molecule has 2 aliphatic rings. The number of fused-ring (bicyclic) bond motifs is 1. The van der Waals surface area contributed by atoms with E-state index in [2.05, 4.69) is 0 Å². The molecule has 24 heavy (non-hydrogen) atoms. The van der Waals surface area contributed by atoms with Gasteiger partial charge >= 0.3 is 0 Å². The number of likely N-dealkylation sites (tertiary alicyclic amines) is 2. The van der Waals surface area contributed by atoms with Crippen LogP contribution in [0.1, 0.15) is 37.7 Å². The first-order valence-corrected chi connectivity index (χ1v) is 8.83. The van der Waals surface area contributed by atoms with E-state index in [0.29, 0.717) is 37.3 Å². The highest BCUT2D eigenvalue weighted by Gasteiger charge is 2.36. The quantitative estimate of drug-likeness (QED) is 0.854. The minimum absolute atomic E-state index is 0.0925. The number of nitrogens with zero attached hydrogens (tertiary/aromatic N) is 2. The van der Waals surface area contributed by atoms with Gasteiger partial charge in [-0.1, -0.05) is 18.2 Å². The maximum atomic E-state index is 13.7. The topological polar surface area (TPSA) is 40.6 Å². The third kappa shape index (κ3) is 3.60. The Morgan fingerprint density at radius 2 is 2.08 bits per heavy atom. The standard InChI is InChI=1S/C19H25FN2O2/c1-21-17-11-12-22(13-15(17)6-4-8-18(21)23)19(24)10-9-14-5-2-3-7-16(14)20/h2-3,5,7,15,17H,4,6,8-13H2,1H3/t15-,17-/m1/s1. The summed E-state index contributed by atoms with van der Waals surface area (Å²) in [6, 6.07) is 6.89. The summed E-state index contributed by atoms with van der Waals surface area (Å²) in [5, 5.41) is 0. The molecule has 0 N–H and O–H groups in total. The molecule has 2 fully saturated rings. The van der Waals surface area contributed by atoms with Gasteiger partial charge in [-0.2, -0.15) is 0 Å². The summed E-state index contributed by atoms with van der Waals surface area (Å²) in [5.74, 6) is 0.442. The van der Waals surface area contributed by atoms with Crippen molar-refractivity contribution in [3.05, 3.63) is 35.6 Å². The molecule has 4 nitrogen and oxygen atoms in total. The molecule has 3 rings (SSSR count). The van der Waals surface area contributed by atoms with E-state index in [4.69, 9.17) is 0 Å². The van der Waals surface area contributed by atoms with Gasteiger partial charge in [0.1, 0.15) is 5.82 Å². The number of carbonyl (C=O) groups is 2. The van der Waals surface area contributed by atoms with Gasteiger partial charge in [0.15, 0.2) is 0 Å². The Labute approximate surface area is 142 Å². The van der Waals surface area contributed by atoms with Gasteiger partial charge in [-0.05, 0) is 43.2 Å². The third-order valence-corrected chi connectivity index (χ3v) is 5.47. The molecule has 2 atom stereocenters. The minimum Gasteiger partial charge on any atom is -0.342 e. The van der Waals surface area contributed by atoms with Gasteiger partial charge in [-0.15, -0.1) is 0 Å². The molecule has 1 aromatic rings. The van der Waals surface area contributed by atoms with Crippen molar-refractivity contribution in [2.75, 3.05) is 20.1 Å². The SMILES string of the molecule is CN1C(=O)CCC[C@@H]2CN(C(=O)CCc3ccccc3F)CC[C@H]21. The zero-order chi connectivity index (χ0) is 17.1. The molecule has 0 saturated carbocycles. The van der Waals surface area contributed by atoms with E-state index in [0.717, 1.165) is 25.8 Å². The van der Waals surface area contributed by atoms with Gasteiger partial charge in [0.25, 0.3) is 0 Å². The van der Waals surface area contributed by atoms with Crippen LogP contribution in [0.25, 0.3) is 0 Å². The Morgan fingerprint density at radius 3 is 2.88 bits per heavy atom. The Kier molecular flexibility index (Phi) is 5.17. The van der Waals surface area contributed by atoms with E-state index in [-0.39, 0.29) is 23.7 Å². The average molecular weight is 332 g/mol. The predicted octanol–water partition coefficient (Wildman–Crippen LogP) is 2.62. The molecule has 0 unspecified atom stereocenters. The molecular weight excluding hydrogens is 307 g/mol. The van der Waals surface area contributed by atoms with Gasteiger partial charge in [-0.3, -0.25) is 9.59 Å². The summed E-state index contributed by atoms with van der Waals surface area (Å²) in [7, 11) is 1.89. The molecule has 0 radical (unpaired) electrons. The van der Waals surface area contributed by atoms with Crippen molar-refractivity contribution >= 4 is 11.8 Å². The molecule has 2 saturated heterocycles. The van der Waals surface area contributed by atoms with Crippen LogP contribution < -0.4 is 0 Å². The van der Waals surface area contributed by atoms with Crippen molar-refractivity contribution in [1.29, 1.82) is 0 Å². The molecule has 2 amide bonds. The lowest BCUT2D eigenvalue weighted by molar-refractivity contribution is -0.136. The average Bonchev–Trinajstić information content (AvgIpc) is 2.73. The molecule has 2 aliphatic heterocycles. The summed E-state index contributed by atoms with van der Waals surface area (Å²) in [4.78, 5) is 28.3. The highest BCUT2D eigenvalue weighted by atomic mass is 19.1. The van der Waals surface area contributed by atoms with Crippen LogP contribution in [0, 0.1) is 11.7 Å². The molecule has 1 aromatic carbocycles. The van der Waals surface area contributed by atoms with Crippen molar-refractivity contribution in [2.24, 2.45) is 5.92 Å². The molecular formula is C19H25FN2O2. The molecule has 0 aromatic heterocycles. The van der Waals surface area contributed by atoms with Crippen molar-refractivity contribution in [3.63, 3.8) is 0 Å². The fraction of sp³-hybridized carbons (Fsp3) is 0.579. The highest BCUT2D eigenvalue weighted by Crippen LogP contribution is 2.30. The second-order valence-electron chi connectivity index (χ2n) is 6.94. The number of hydrogen-bond donors (Lipinski definition) is 0. The van der Waals surface area contributed by atoms with Gasteiger partial charge < -0.3 is 9.80 Å². The maximum Gasteiger partial charge on any atom is 0.222 e. The fourth-order valence-corrected chi connectivity index (χ4v) is 4.02. The first-order valence-electron chi connectivity index (χ1n) is 8.83. The van der Waals surface area contributed by atoms with E-state index < -0.39 is 0 Å². The van der Waals surface area contributed by atoms with Crippen molar-refractivity contribution in [3.8, 4) is 0 Å². The molecule has 5 heteroatoms. The third-order valence-electron chi connectivity index (χ3n) is 5.47. The van der Waals surface area contributed by atoms with E-state index in [9.17, 15) is 14.0 Å². The smallest absolute Gasteiger partial charge is 0.222 e. The van der Waals surface area contributed by atoms with Gasteiger partial charge in [0, 0.05) is 39.0 Å². The number of hydrogen-bond acceptors (Lipinski definition) is 2. The predicted molar refractivity (Wildman–Crippen MR) is 89.8 cm³/mol. The summed E-state index contributed by atoms with van der Waals surface area (Å²) >= 11 is 0. The van der Waals surface area contributed by atoms with Gasteiger partial charge in [0.2, 0.25) is 11.8 Å². The van der Waals surface area contributed by atoms with Crippen LogP contribution in [0.3, 0.4) is 0 Å². The van der Waals surface area contributed by atoms with Crippen LogP contribution in [0.5, 0.6) is 0 Å². The molecule has 0 aliphatic carbocycles. The van der Waals surface area contributed by atoms with Gasteiger partial charge in [0.05, 0.1) is 0 Å². The Bertz CT molecular complexity index is 619. The van der Waals surface area contributed by atoms with Crippen LogP contribution >= 0.6 is 0 Å². The molecule has 130 valence electrons. The lowest BCUT2D eigenvalue weighted by Gasteiger charge is -2.41. The number of benzene rings is 1. The first-order chi connectivity index (χ1) is 11.6. The zero-order valence-electron chi connectivity index (χ0n) is 14.2. The van der Waals surface area contributed by atoms with Crippen molar-refractivity contribution in [1.82, 2.24) is 9.80 Å². The van der Waals surface area contributed by atoms with Crippen LogP contribution in [0.4, 0.5) is 4.39 Å². The normalized spacial score (nSPS) is 24.5. The number of amides is 2. The molecule has 0 spiro atoms. The minimum atomic E-state index is -0.243. The summed E-state index contributed by atoms with van der Waals surface area (Å²) in [6.07, 6.45) is 4.14. The van der Waals surface area contributed by atoms with Crippen LogP contribution in [-0.4, -0.2) is 47.8 Å². The van der Waals surface area contributed by atoms with E-state index in [1.165, 1.54) is 6.07 Å². The van der Waals surface area contributed by atoms with Crippen LogP contribution in [-0.2, 0) is 16.0 Å². The highest BCUT2D eigenvalue weighted by molar-refractivity contribution is 5.78. The lowest BCUT2D eigenvalue weighted by atomic mass is 9.88. The van der Waals surface area contributed by atoms with E-state index in [1.54, 1.807) is 18.2 Å². The molecule has 2 heterocycles. The summed E-state index contributed by atoms with van der Waals surface area (Å²) in [6.45, 7) is 1.41. The second kappa shape index (κ2) is 7.32. The number of aryl methyl sites for hydroxylation is 1. The number of halogens is 1. The zero-order valence-corrected chi connectivity index (χ0v) is 14.2. The van der Waals surface area contributed by atoms with Crippen molar-refractivity contribution in [2.45, 2.75) is 44.6 Å².